The minimum absolute atomic E-state index is 0.245. The number of carboxylic acid groups (broad SMARTS) is 2. The van der Waals surface area contributed by atoms with Gasteiger partial charge >= 0.3 is 11.9 Å². The molecular weight excluding hydrogens is 352 g/mol. The number of carbonyl (C=O) groups is 6. The van der Waals surface area contributed by atoms with Gasteiger partial charge in [-0.15, -0.1) is 0 Å². The molecule has 0 aliphatic rings. The first-order valence-corrected chi connectivity index (χ1v) is 7.62. The van der Waals surface area contributed by atoms with Crippen LogP contribution in [0.4, 0.5) is 0 Å². The number of hydrogen-bond donors (Lipinski definition) is 6. The topological polar surface area (TPSA) is 205 Å². The molecule has 12 nitrogen and oxygen atoms in total. The normalized spacial score (nSPS) is 12.3. The average molecular weight is 374 g/mol. The molecule has 0 fully saturated rings. The van der Waals surface area contributed by atoms with Crippen LogP contribution < -0.4 is 21.7 Å². The van der Waals surface area contributed by atoms with Gasteiger partial charge in [-0.1, -0.05) is 0 Å². The molecule has 0 unspecified atom stereocenters. The van der Waals surface area contributed by atoms with E-state index < -0.39 is 67.0 Å². The van der Waals surface area contributed by atoms with Crippen molar-refractivity contribution in [2.45, 2.75) is 44.7 Å². The van der Waals surface area contributed by atoms with Crippen LogP contribution in [0.1, 0.15) is 32.6 Å². The quantitative estimate of drug-likeness (QED) is 0.211. The summed E-state index contributed by atoms with van der Waals surface area (Å²) in [4.78, 5) is 67.2. The zero-order valence-electron chi connectivity index (χ0n) is 14.1. The monoisotopic (exact) mass is 374 g/mol. The molecule has 4 amide bonds. The number of hydrogen-bond acceptors (Lipinski definition) is 6. The van der Waals surface area contributed by atoms with E-state index in [0.717, 1.165) is 0 Å². The lowest BCUT2D eigenvalue weighted by Crippen LogP contribution is -2.53. The van der Waals surface area contributed by atoms with Gasteiger partial charge in [0.1, 0.15) is 12.1 Å². The van der Waals surface area contributed by atoms with Crippen LogP contribution in [-0.4, -0.2) is 64.4 Å². The van der Waals surface area contributed by atoms with Crippen LogP contribution in [0.25, 0.3) is 0 Å². The summed E-state index contributed by atoms with van der Waals surface area (Å²) >= 11 is 0. The summed E-state index contributed by atoms with van der Waals surface area (Å²) in [6.07, 6.45) is -1.39. The summed E-state index contributed by atoms with van der Waals surface area (Å²) in [5.74, 6) is -5.43. The Morgan fingerprint density at radius 1 is 0.885 bits per heavy atom. The predicted octanol–water partition coefficient (Wildman–Crippen LogP) is -2.69. The fourth-order valence-corrected chi connectivity index (χ4v) is 1.65. The summed E-state index contributed by atoms with van der Waals surface area (Å²) in [6, 6.07) is -2.28. The first kappa shape index (κ1) is 22.8. The molecule has 12 heteroatoms. The smallest absolute Gasteiger partial charge is 0.303 e. The van der Waals surface area contributed by atoms with E-state index in [9.17, 15) is 28.8 Å². The number of carbonyl (C=O) groups excluding carboxylic acids is 4. The predicted molar refractivity (Wildman–Crippen MR) is 85.5 cm³/mol. The minimum Gasteiger partial charge on any atom is -0.481 e. The first-order valence-electron chi connectivity index (χ1n) is 7.62. The van der Waals surface area contributed by atoms with Gasteiger partial charge in [0.2, 0.25) is 23.6 Å². The Hall–Kier alpha value is -3.18. The summed E-state index contributed by atoms with van der Waals surface area (Å²) in [6.45, 7) is 0.791. The molecule has 0 rings (SSSR count). The van der Waals surface area contributed by atoms with Gasteiger partial charge in [-0.2, -0.15) is 0 Å². The van der Waals surface area contributed by atoms with Gasteiger partial charge < -0.3 is 31.9 Å². The van der Waals surface area contributed by atoms with Crippen molar-refractivity contribution in [3.8, 4) is 0 Å². The molecular formula is C14H22N4O8. The van der Waals surface area contributed by atoms with Crippen LogP contribution in [-0.2, 0) is 28.8 Å². The van der Waals surface area contributed by atoms with E-state index in [4.69, 9.17) is 15.9 Å². The van der Waals surface area contributed by atoms with Crippen molar-refractivity contribution in [2.75, 3.05) is 6.54 Å². The molecule has 0 saturated carbocycles. The number of carboxylic acids is 2. The van der Waals surface area contributed by atoms with Gasteiger partial charge in [0.05, 0.1) is 13.0 Å². The third kappa shape index (κ3) is 10.6. The fraction of sp³-hybridized carbons (Fsp3) is 0.571. The molecule has 0 saturated heterocycles. The molecule has 0 heterocycles. The maximum Gasteiger partial charge on any atom is 0.303 e. The van der Waals surface area contributed by atoms with E-state index in [0.29, 0.717) is 0 Å². The lowest BCUT2D eigenvalue weighted by molar-refractivity contribution is -0.139. The molecule has 7 N–H and O–H groups in total. The molecule has 0 spiro atoms. The Balaban J connectivity index is 4.64. The molecule has 0 radical (unpaired) electrons. The summed E-state index contributed by atoms with van der Waals surface area (Å²) in [5.41, 5.74) is 5.01. The van der Waals surface area contributed by atoms with Crippen LogP contribution in [0, 0.1) is 0 Å². The highest BCUT2D eigenvalue weighted by Gasteiger charge is 2.24. The minimum atomic E-state index is -1.25. The van der Waals surface area contributed by atoms with E-state index >= 15 is 0 Å². The Labute approximate surface area is 148 Å². The van der Waals surface area contributed by atoms with Gasteiger partial charge in [0, 0.05) is 12.8 Å². The number of nitrogens with one attached hydrogen (secondary N) is 3. The van der Waals surface area contributed by atoms with E-state index in [1.54, 1.807) is 0 Å². The van der Waals surface area contributed by atoms with Gasteiger partial charge in [-0.05, 0) is 13.3 Å². The zero-order valence-corrected chi connectivity index (χ0v) is 14.1. The first-order chi connectivity index (χ1) is 12.0. The molecule has 0 aromatic heterocycles. The number of amides is 4. The molecule has 0 aromatic rings. The highest BCUT2D eigenvalue weighted by molar-refractivity contribution is 5.93. The lowest BCUT2D eigenvalue weighted by atomic mass is 10.1. The molecule has 0 bridgehead atoms. The van der Waals surface area contributed by atoms with Crippen LogP contribution in [0.2, 0.25) is 0 Å². The highest BCUT2D eigenvalue weighted by atomic mass is 16.4. The molecule has 0 aromatic carbocycles. The second-order valence-electron chi connectivity index (χ2n) is 5.36. The molecule has 26 heavy (non-hydrogen) atoms. The van der Waals surface area contributed by atoms with Crippen LogP contribution in [0.15, 0.2) is 0 Å². The third-order valence-corrected chi connectivity index (χ3v) is 3.10. The number of aliphatic carboxylic acids is 2. The maximum atomic E-state index is 12.0. The SMILES string of the molecule is C[C@H](NC(=O)[C@H](CCC(=O)O)NC(=O)CNC(=O)CCC(=O)O)C(N)=O. The molecule has 0 aliphatic heterocycles. The van der Waals surface area contributed by atoms with E-state index in [-0.39, 0.29) is 12.8 Å². The standard InChI is InChI=1S/C14H22N4O8/c1-7(13(15)25)17-14(26)8(2-4-11(21)22)18-10(20)6-16-9(19)3-5-12(23)24/h7-8H,2-6H2,1H3,(H2,15,25)(H,16,19)(H,17,26)(H,18,20)(H,21,22)(H,23,24)/t7-,8-/m0/s1. The van der Waals surface area contributed by atoms with Crippen molar-refractivity contribution in [1.82, 2.24) is 16.0 Å². The third-order valence-electron chi connectivity index (χ3n) is 3.10. The van der Waals surface area contributed by atoms with Crippen molar-refractivity contribution >= 4 is 35.6 Å². The maximum absolute atomic E-state index is 12.0. The molecule has 146 valence electrons. The highest BCUT2D eigenvalue weighted by Crippen LogP contribution is 1.99. The number of rotatable bonds is 12. The van der Waals surface area contributed by atoms with E-state index in [2.05, 4.69) is 16.0 Å². The largest absolute Gasteiger partial charge is 0.481 e. The Kier molecular flexibility index (Phi) is 9.99. The van der Waals surface area contributed by atoms with Gasteiger partial charge in [0.15, 0.2) is 0 Å². The molecule has 2 atom stereocenters. The fourth-order valence-electron chi connectivity index (χ4n) is 1.65. The van der Waals surface area contributed by atoms with Crippen LogP contribution in [0.5, 0.6) is 0 Å². The van der Waals surface area contributed by atoms with Crippen LogP contribution >= 0.6 is 0 Å². The second kappa shape index (κ2) is 11.4. The summed E-state index contributed by atoms with van der Waals surface area (Å²) in [7, 11) is 0. The average Bonchev–Trinajstić information content (AvgIpc) is 2.54. The van der Waals surface area contributed by atoms with Gasteiger partial charge in [0.25, 0.3) is 0 Å². The van der Waals surface area contributed by atoms with Crippen molar-refractivity contribution in [1.29, 1.82) is 0 Å². The zero-order chi connectivity index (χ0) is 20.3. The van der Waals surface area contributed by atoms with Crippen LogP contribution in [0.3, 0.4) is 0 Å². The Bertz CT molecular complexity index is 577. The molecule has 0 aliphatic carbocycles. The van der Waals surface area contributed by atoms with Crippen molar-refractivity contribution in [2.24, 2.45) is 5.73 Å². The van der Waals surface area contributed by atoms with Crippen molar-refractivity contribution in [3.63, 3.8) is 0 Å². The Morgan fingerprint density at radius 2 is 1.46 bits per heavy atom. The van der Waals surface area contributed by atoms with E-state index in [1.165, 1.54) is 6.92 Å². The van der Waals surface area contributed by atoms with Gasteiger partial charge in [-0.25, -0.2) is 0 Å². The summed E-state index contributed by atoms with van der Waals surface area (Å²) in [5, 5.41) is 23.8. The van der Waals surface area contributed by atoms with Crippen molar-refractivity contribution < 1.29 is 39.0 Å². The van der Waals surface area contributed by atoms with E-state index in [1.807, 2.05) is 0 Å². The Morgan fingerprint density at radius 3 is 1.96 bits per heavy atom. The van der Waals surface area contributed by atoms with Gasteiger partial charge in [-0.3, -0.25) is 28.8 Å². The summed E-state index contributed by atoms with van der Waals surface area (Å²) < 4.78 is 0. The number of primary amides is 1. The second-order valence-corrected chi connectivity index (χ2v) is 5.36. The lowest BCUT2D eigenvalue weighted by Gasteiger charge is -2.20. The number of nitrogens with two attached hydrogens (primary N) is 1. The van der Waals surface area contributed by atoms with Crippen molar-refractivity contribution in [3.05, 3.63) is 0 Å².